The molecule has 1 rings (SSSR count). The van der Waals surface area contributed by atoms with Crippen molar-refractivity contribution < 1.29 is 9.90 Å². The summed E-state index contributed by atoms with van der Waals surface area (Å²) in [5.74, 6) is 0.156. The summed E-state index contributed by atoms with van der Waals surface area (Å²) in [4.78, 5) is 11.6. The molecule has 0 saturated carbocycles. The van der Waals surface area contributed by atoms with Crippen molar-refractivity contribution in [2.24, 2.45) is 5.73 Å². The number of allylic oxidation sites excluding steroid dienone is 4. The van der Waals surface area contributed by atoms with E-state index >= 15 is 0 Å². The van der Waals surface area contributed by atoms with Crippen molar-refractivity contribution in [3.8, 4) is 5.75 Å². The maximum absolute atomic E-state index is 11.6. The third-order valence-electron chi connectivity index (χ3n) is 2.11. The number of aromatic hydroxyl groups is 1. The first-order chi connectivity index (χ1) is 10.7. The molecule has 0 radical (unpaired) electrons. The molecule has 0 unspecified atom stereocenters. The minimum atomic E-state index is -0.345. The van der Waals surface area contributed by atoms with Crippen LogP contribution in [-0.4, -0.2) is 18.2 Å². The minimum absolute atomic E-state index is 0.156. The number of phenols is 1. The minimum Gasteiger partial charge on any atom is -0.508 e. The predicted molar refractivity (Wildman–Crippen MR) is 94.8 cm³/mol. The first kappa shape index (κ1) is 21.8. The van der Waals surface area contributed by atoms with E-state index in [1.54, 1.807) is 36.4 Å². The van der Waals surface area contributed by atoms with E-state index in [-0.39, 0.29) is 11.8 Å². The van der Waals surface area contributed by atoms with Crippen LogP contribution >= 0.6 is 0 Å². The maximum Gasteiger partial charge on any atom is 0.323 e. The van der Waals surface area contributed by atoms with E-state index in [4.69, 9.17) is 5.11 Å². The molecule has 0 aliphatic rings. The van der Waals surface area contributed by atoms with Crippen LogP contribution in [0.2, 0.25) is 0 Å². The Morgan fingerprint density at radius 2 is 1.77 bits per heavy atom. The summed E-state index contributed by atoms with van der Waals surface area (Å²) in [6.45, 7) is 9.38. The van der Waals surface area contributed by atoms with Crippen molar-refractivity contribution >= 4 is 11.7 Å². The molecule has 0 bridgehead atoms. The molecule has 0 aliphatic carbocycles. The van der Waals surface area contributed by atoms with Crippen LogP contribution in [0.5, 0.6) is 5.75 Å². The molecule has 22 heavy (non-hydrogen) atoms. The Kier molecular flexibility index (Phi) is 14.7. The van der Waals surface area contributed by atoms with Gasteiger partial charge in [0.1, 0.15) is 5.75 Å². The van der Waals surface area contributed by atoms with E-state index < -0.39 is 0 Å². The van der Waals surface area contributed by atoms with Gasteiger partial charge < -0.3 is 21.5 Å². The summed E-state index contributed by atoms with van der Waals surface area (Å²) in [6, 6.07) is 5.89. The van der Waals surface area contributed by atoms with Gasteiger partial charge in [0, 0.05) is 11.4 Å². The summed E-state index contributed by atoms with van der Waals surface area (Å²) >= 11 is 0. The number of anilines is 1. The zero-order chi connectivity index (χ0) is 17.4. The summed E-state index contributed by atoms with van der Waals surface area (Å²) in [5, 5.41) is 14.4. The largest absolute Gasteiger partial charge is 0.508 e. The number of rotatable bonds is 4. The quantitative estimate of drug-likeness (QED) is 0.504. The van der Waals surface area contributed by atoms with Gasteiger partial charge in [-0.3, -0.25) is 0 Å². The third kappa shape index (κ3) is 10.3. The van der Waals surface area contributed by atoms with Crippen LogP contribution in [0.1, 0.15) is 20.8 Å². The Bertz CT molecular complexity index is 477. The third-order valence-corrected chi connectivity index (χ3v) is 2.11. The van der Waals surface area contributed by atoms with E-state index in [9.17, 15) is 4.79 Å². The number of hydrogen-bond acceptors (Lipinski definition) is 3. The Balaban J connectivity index is 0. The highest BCUT2D eigenvalue weighted by Crippen LogP contribution is 2.13. The number of carbonyl (C=O) groups excluding carboxylic acids is 1. The van der Waals surface area contributed by atoms with Crippen LogP contribution in [-0.2, 0) is 0 Å². The number of hydrogen-bond donors (Lipinski definition) is 4. The van der Waals surface area contributed by atoms with Gasteiger partial charge >= 0.3 is 6.03 Å². The van der Waals surface area contributed by atoms with Crippen LogP contribution in [0.15, 0.2) is 60.8 Å². The first-order valence-electron chi connectivity index (χ1n) is 7.06. The van der Waals surface area contributed by atoms with Gasteiger partial charge in [-0.05, 0) is 44.3 Å². The SMILES string of the molecule is C=C/C=C\C(=C/C)NC(=O)Nc1ccc(O)cc1.CC.CN. The van der Waals surface area contributed by atoms with Crippen LogP contribution in [0, 0.1) is 0 Å². The lowest BCUT2D eigenvalue weighted by atomic mass is 10.3. The van der Waals surface area contributed by atoms with E-state index in [0.29, 0.717) is 11.4 Å². The van der Waals surface area contributed by atoms with Gasteiger partial charge in [-0.15, -0.1) is 0 Å². The van der Waals surface area contributed by atoms with Gasteiger partial charge in [0.25, 0.3) is 0 Å². The maximum atomic E-state index is 11.6. The van der Waals surface area contributed by atoms with Crippen LogP contribution in [0.3, 0.4) is 0 Å². The second-order valence-electron chi connectivity index (χ2n) is 3.46. The predicted octanol–water partition coefficient (Wildman–Crippen LogP) is 3.76. The van der Waals surface area contributed by atoms with E-state index in [0.717, 1.165) is 0 Å². The number of nitrogens with one attached hydrogen (secondary N) is 2. The highest BCUT2D eigenvalue weighted by molar-refractivity contribution is 5.90. The van der Waals surface area contributed by atoms with Gasteiger partial charge in [0.15, 0.2) is 0 Å². The summed E-state index contributed by atoms with van der Waals surface area (Å²) in [5.41, 5.74) is 5.78. The molecule has 5 N–H and O–H groups in total. The molecule has 0 fully saturated rings. The normalized spacial score (nSPS) is 9.77. The van der Waals surface area contributed by atoms with E-state index in [1.807, 2.05) is 20.8 Å². The zero-order valence-electron chi connectivity index (χ0n) is 13.8. The Hall–Kier alpha value is -2.53. The van der Waals surface area contributed by atoms with Crippen molar-refractivity contribution in [3.63, 3.8) is 0 Å². The molecule has 0 aliphatic heterocycles. The van der Waals surface area contributed by atoms with Gasteiger partial charge in [0.05, 0.1) is 0 Å². The van der Waals surface area contributed by atoms with Crippen LogP contribution in [0.25, 0.3) is 0 Å². The van der Waals surface area contributed by atoms with Crippen molar-refractivity contribution in [1.82, 2.24) is 5.32 Å². The Morgan fingerprint density at radius 1 is 1.23 bits per heavy atom. The summed E-state index contributed by atoms with van der Waals surface area (Å²) in [7, 11) is 1.50. The molecule has 0 atom stereocenters. The van der Waals surface area contributed by atoms with Crippen LogP contribution < -0.4 is 16.4 Å². The fraction of sp³-hybridized carbons (Fsp3) is 0.235. The van der Waals surface area contributed by atoms with E-state index in [1.165, 1.54) is 19.2 Å². The number of amides is 2. The number of urea groups is 1. The number of nitrogens with two attached hydrogens (primary N) is 1. The Labute approximate surface area is 133 Å². The molecule has 0 aromatic heterocycles. The molecule has 5 nitrogen and oxygen atoms in total. The fourth-order valence-electron chi connectivity index (χ4n) is 1.22. The van der Waals surface area contributed by atoms with Gasteiger partial charge in [-0.1, -0.05) is 38.7 Å². The summed E-state index contributed by atoms with van der Waals surface area (Å²) < 4.78 is 0. The number of phenolic OH excluding ortho intramolecular Hbond substituents is 1. The Morgan fingerprint density at radius 3 is 2.23 bits per heavy atom. The average Bonchev–Trinajstić information content (AvgIpc) is 2.57. The lowest BCUT2D eigenvalue weighted by molar-refractivity contribution is 0.254. The first-order valence-corrected chi connectivity index (χ1v) is 7.06. The molecule has 1 aromatic rings. The number of carbonyl (C=O) groups is 1. The highest BCUT2D eigenvalue weighted by atomic mass is 16.3. The molecule has 0 spiro atoms. The molecular formula is C17H27N3O2. The second-order valence-corrected chi connectivity index (χ2v) is 3.46. The van der Waals surface area contributed by atoms with Crippen molar-refractivity contribution in [3.05, 3.63) is 60.8 Å². The van der Waals surface area contributed by atoms with Gasteiger partial charge in [-0.25, -0.2) is 4.79 Å². The molecule has 1 aromatic carbocycles. The molecule has 122 valence electrons. The molecule has 5 heteroatoms. The highest BCUT2D eigenvalue weighted by Gasteiger charge is 2.02. The van der Waals surface area contributed by atoms with Crippen molar-refractivity contribution in [2.75, 3.05) is 12.4 Å². The van der Waals surface area contributed by atoms with Gasteiger partial charge in [0.2, 0.25) is 0 Å². The van der Waals surface area contributed by atoms with Crippen molar-refractivity contribution in [2.45, 2.75) is 20.8 Å². The van der Waals surface area contributed by atoms with E-state index in [2.05, 4.69) is 22.9 Å². The van der Waals surface area contributed by atoms with Crippen molar-refractivity contribution in [1.29, 1.82) is 0 Å². The topological polar surface area (TPSA) is 87.4 Å². The second kappa shape index (κ2) is 14.9. The molecule has 0 heterocycles. The standard InChI is InChI=1S/C14H16N2O2.C2H6.CH5N/c1-3-5-6-11(4-2)15-14(18)16-12-7-9-13(17)10-8-12;2*1-2/h3-10,17H,1H2,2H3,(H2,15,16,18);1-2H3;2H2,1H3/b6-5-,11-4+;;. The molecular weight excluding hydrogens is 278 g/mol. The zero-order valence-corrected chi connectivity index (χ0v) is 13.8. The lowest BCUT2D eigenvalue weighted by Crippen LogP contribution is -2.27. The molecule has 0 saturated heterocycles. The smallest absolute Gasteiger partial charge is 0.323 e. The number of benzene rings is 1. The lowest BCUT2D eigenvalue weighted by Gasteiger charge is -2.08. The fourth-order valence-corrected chi connectivity index (χ4v) is 1.22. The average molecular weight is 305 g/mol. The van der Waals surface area contributed by atoms with Crippen LogP contribution in [0.4, 0.5) is 10.5 Å². The molecule has 2 amide bonds. The van der Waals surface area contributed by atoms with Gasteiger partial charge in [-0.2, -0.15) is 0 Å². The summed E-state index contributed by atoms with van der Waals surface area (Å²) in [6.07, 6.45) is 6.87. The monoisotopic (exact) mass is 305 g/mol.